The molecule has 12 heavy (non-hydrogen) atoms. The molecule has 0 saturated carbocycles. The Hall–Kier alpha value is -0.120. The highest BCUT2D eigenvalue weighted by atomic mass is 16.3. The van der Waals surface area contributed by atoms with Crippen molar-refractivity contribution in [2.45, 2.75) is 32.5 Å². The van der Waals surface area contributed by atoms with Gasteiger partial charge in [-0.3, -0.25) is 0 Å². The molecule has 3 heteroatoms. The summed E-state index contributed by atoms with van der Waals surface area (Å²) >= 11 is 0. The average molecular weight is 173 g/mol. The third-order valence-electron chi connectivity index (χ3n) is 2.51. The van der Waals surface area contributed by atoms with Crippen molar-refractivity contribution in [2.75, 3.05) is 19.6 Å². The van der Waals surface area contributed by atoms with Gasteiger partial charge < -0.3 is 15.1 Å². The van der Waals surface area contributed by atoms with Crippen molar-refractivity contribution >= 4 is 0 Å². The Balaban J connectivity index is 2.19. The zero-order chi connectivity index (χ0) is 9.14. The van der Waals surface area contributed by atoms with Crippen LogP contribution in [0.3, 0.4) is 0 Å². The number of nitrogens with zero attached hydrogens (tertiary/aromatic N) is 1. The monoisotopic (exact) mass is 173 g/mol. The normalized spacial score (nSPS) is 34.0. The minimum Gasteiger partial charge on any atom is -0.393 e. The van der Waals surface area contributed by atoms with Crippen LogP contribution in [0.4, 0.5) is 0 Å². The van der Waals surface area contributed by atoms with Crippen molar-refractivity contribution in [1.82, 2.24) is 4.90 Å². The van der Waals surface area contributed by atoms with Crippen LogP contribution in [0, 0.1) is 5.92 Å². The average Bonchev–Trinajstić information content (AvgIpc) is 2.28. The largest absolute Gasteiger partial charge is 0.393 e. The maximum Gasteiger partial charge on any atom is 0.0704 e. The summed E-state index contributed by atoms with van der Waals surface area (Å²) in [4.78, 5) is 2.21. The lowest BCUT2D eigenvalue weighted by Crippen LogP contribution is -2.25. The summed E-state index contributed by atoms with van der Waals surface area (Å²) in [6.07, 6.45) is 0.413. The quantitative estimate of drug-likeness (QED) is 0.635. The molecular formula is C9H19NO2. The van der Waals surface area contributed by atoms with Gasteiger partial charge in [-0.1, -0.05) is 6.92 Å². The summed E-state index contributed by atoms with van der Waals surface area (Å²) in [7, 11) is 0. The van der Waals surface area contributed by atoms with E-state index in [0.717, 1.165) is 26.1 Å². The number of rotatable bonds is 3. The Bertz CT molecular complexity index is 128. The predicted octanol–water partition coefficient (Wildman–Crippen LogP) is 0.0699. The molecule has 1 aliphatic heterocycles. The molecule has 0 aromatic carbocycles. The minimum absolute atomic E-state index is 0.168. The fraction of sp³-hybridized carbons (Fsp3) is 1.00. The topological polar surface area (TPSA) is 43.7 Å². The number of aliphatic hydroxyl groups excluding tert-OH is 2. The molecule has 2 N–H and O–H groups in total. The van der Waals surface area contributed by atoms with Crippen molar-refractivity contribution in [3.05, 3.63) is 0 Å². The Kier molecular flexibility index (Phi) is 3.50. The van der Waals surface area contributed by atoms with Crippen LogP contribution in [0.15, 0.2) is 0 Å². The van der Waals surface area contributed by atoms with Gasteiger partial charge in [0.2, 0.25) is 0 Å². The van der Waals surface area contributed by atoms with Crippen molar-refractivity contribution in [1.29, 1.82) is 0 Å². The second-order valence-electron chi connectivity index (χ2n) is 3.94. The molecule has 0 aliphatic carbocycles. The van der Waals surface area contributed by atoms with Gasteiger partial charge in [0.15, 0.2) is 0 Å². The molecule has 0 bridgehead atoms. The lowest BCUT2D eigenvalue weighted by molar-refractivity contribution is 0.139. The van der Waals surface area contributed by atoms with E-state index in [1.54, 1.807) is 6.92 Å². The second-order valence-corrected chi connectivity index (χ2v) is 3.94. The molecule has 1 heterocycles. The first kappa shape index (κ1) is 9.96. The second kappa shape index (κ2) is 4.21. The molecule has 3 nitrogen and oxygen atoms in total. The van der Waals surface area contributed by atoms with E-state index in [0.29, 0.717) is 5.92 Å². The van der Waals surface area contributed by atoms with Gasteiger partial charge >= 0.3 is 0 Å². The van der Waals surface area contributed by atoms with Gasteiger partial charge in [-0.2, -0.15) is 0 Å². The summed E-state index contributed by atoms with van der Waals surface area (Å²) in [5.74, 6) is 0.388. The summed E-state index contributed by atoms with van der Waals surface area (Å²) in [6.45, 7) is 6.50. The molecule has 0 spiro atoms. The molecule has 3 atom stereocenters. The molecule has 1 aliphatic rings. The third kappa shape index (κ3) is 2.73. The zero-order valence-corrected chi connectivity index (χ0v) is 7.90. The predicted molar refractivity (Wildman–Crippen MR) is 47.9 cm³/mol. The van der Waals surface area contributed by atoms with Gasteiger partial charge in [0.1, 0.15) is 0 Å². The number of β-amino-alcohol motifs (C(OH)–C–C–N with tert-alkyl or cyclic N) is 1. The van der Waals surface area contributed by atoms with Crippen molar-refractivity contribution in [2.24, 2.45) is 5.92 Å². The van der Waals surface area contributed by atoms with Crippen LogP contribution < -0.4 is 0 Å². The maximum absolute atomic E-state index is 9.43. The Labute approximate surface area is 74.0 Å². The highest BCUT2D eigenvalue weighted by Gasteiger charge is 2.27. The van der Waals surface area contributed by atoms with Crippen LogP contribution in [-0.2, 0) is 0 Å². The van der Waals surface area contributed by atoms with E-state index in [-0.39, 0.29) is 12.2 Å². The van der Waals surface area contributed by atoms with Gasteiger partial charge in [0, 0.05) is 19.6 Å². The Morgan fingerprint density at radius 1 is 1.50 bits per heavy atom. The molecule has 0 radical (unpaired) electrons. The van der Waals surface area contributed by atoms with E-state index in [4.69, 9.17) is 5.11 Å². The first-order valence-corrected chi connectivity index (χ1v) is 4.68. The number of likely N-dealkylation sites (tertiary alicyclic amines) is 1. The summed E-state index contributed by atoms with van der Waals surface area (Å²) in [5, 5.41) is 18.5. The summed E-state index contributed by atoms with van der Waals surface area (Å²) < 4.78 is 0. The van der Waals surface area contributed by atoms with E-state index < -0.39 is 0 Å². The highest BCUT2D eigenvalue weighted by Crippen LogP contribution is 2.16. The smallest absolute Gasteiger partial charge is 0.0704 e. The Morgan fingerprint density at radius 3 is 2.58 bits per heavy atom. The van der Waals surface area contributed by atoms with Gasteiger partial charge in [0.25, 0.3) is 0 Å². The van der Waals surface area contributed by atoms with E-state index in [1.165, 1.54) is 0 Å². The van der Waals surface area contributed by atoms with Crippen molar-refractivity contribution < 1.29 is 10.2 Å². The van der Waals surface area contributed by atoms with E-state index in [9.17, 15) is 5.11 Å². The maximum atomic E-state index is 9.43. The van der Waals surface area contributed by atoms with Crippen molar-refractivity contribution in [3.63, 3.8) is 0 Å². The summed E-state index contributed by atoms with van der Waals surface area (Å²) in [5.41, 5.74) is 0. The SMILES string of the molecule is CC(O)CCN1CC(C)C(O)C1. The van der Waals surface area contributed by atoms with Crippen molar-refractivity contribution in [3.8, 4) is 0 Å². The minimum atomic E-state index is -0.224. The standard InChI is InChI=1S/C9H19NO2/c1-7-5-10(6-9(7)12)4-3-8(2)11/h7-9,11-12H,3-6H2,1-2H3. The molecular weight excluding hydrogens is 154 g/mol. The van der Waals surface area contributed by atoms with Gasteiger partial charge in [-0.05, 0) is 19.3 Å². The summed E-state index contributed by atoms with van der Waals surface area (Å²) in [6, 6.07) is 0. The number of hydrogen-bond acceptors (Lipinski definition) is 3. The lowest BCUT2D eigenvalue weighted by atomic mass is 10.1. The first-order chi connectivity index (χ1) is 5.59. The van der Waals surface area contributed by atoms with E-state index in [1.807, 2.05) is 0 Å². The fourth-order valence-electron chi connectivity index (χ4n) is 1.60. The molecule has 0 aromatic heterocycles. The van der Waals surface area contributed by atoms with Gasteiger partial charge in [0.05, 0.1) is 12.2 Å². The molecule has 0 amide bonds. The van der Waals surface area contributed by atoms with Crippen LogP contribution in [0.1, 0.15) is 20.3 Å². The van der Waals surface area contributed by atoms with Crippen LogP contribution >= 0.6 is 0 Å². The van der Waals surface area contributed by atoms with Crippen LogP contribution in [0.25, 0.3) is 0 Å². The molecule has 72 valence electrons. The Morgan fingerprint density at radius 2 is 2.17 bits per heavy atom. The van der Waals surface area contributed by atoms with Gasteiger partial charge in [-0.25, -0.2) is 0 Å². The zero-order valence-electron chi connectivity index (χ0n) is 7.90. The molecule has 1 fully saturated rings. The molecule has 0 aromatic rings. The molecule has 1 saturated heterocycles. The van der Waals surface area contributed by atoms with Gasteiger partial charge in [-0.15, -0.1) is 0 Å². The first-order valence-electron chi connectivity index (χ1n) is 4.68. The lowest BCUT2D eigenvalue weighted by Gasteiger charge is -2.15. The highest BCUT2D eigenvalue weighted by molar-refractivity contribution is 4.80. The van der Waals surface area contributed by atoms with Crippen LogP contribution in [-0.4, -0.2) is 47.0 Å². The molecule has 1 rings (SSSR count). The third-order valence-corrected chi connectivity index (χ3v) is 2.51. The fourth-order valence-corrected chi connectivity index (χ4v) is 1.60. The van der Waals surface area contributed by atoms with E-state index in [2.05, 4.69) is 11.8 Å². The van der Waals surface area contributed by atoms with Crippen LogP contribution in [0.5, 0.6) is 0 Å². The number of aliphatic hydroxyl groups is 2. The number of hydrogen-bond donors (Lipinski definition) is 2. The molecule has 3 unspecified atom stereocenters. The van der Waals surface area contributed by atoms with E-state index >= 15 is 0 Å². The van der Waals surface area contributed by atoms with Crippen LogP contribution in [0.2, 0.25) is 0 Å².